The highest BCUT2D eigenvalue weighted by molar-refractivity contribution is 7.80. The molecule has 0 aliphatic carbocycles. The first kappa shape index (κ1) is 18.9. The molecule has 0 bridgehead atoms. The molecule has 2 rings (SSSR count). The van der Waals surface area contributed by atoms with Gasteiger partial charge < -0.3 is 24.8 Å². The Bertz CT molecular complexity index is 722. The summed E-state index contributed by atoms with van der Waals surface area (Å²) in [5, 5.41) is 13.7. The van der Waals surface area contributed by atoms with E-state index in [1.54, 1.807) is 26.4 Å². The molecule has 0 aliphatic rings. The van der Waals surface area contributed by atoms with Gasteiger partial charge in [0.1, 0.15) is 5.75 Å². The summed E-state index contributed by atoms with van der Waals surface area (Å²) in [6.07, 6.45) is 0.810. The van der Waals surface area contributed by atoms with Crippen molar-refractivity contribution in [2.75, 3.05) is 27.8 Å². The van der Waals surface area contributed by atoms with Crippen molar-refractivity contribution in [2.24, 2.45) is 0 Å². The van der Waals surface area contributed by atoms with Crippen LogP contribution in [0, 0.1) is 0 Å². The molecule has 0 saturated heterocycles. The predicted molar refractivity (Wildman–Crippen MR) is 103 cm³/mol. The van der Waals surface area contributed by atoms with E-state index < -0.39 is 0 Å². The molecular weight excluding hydrogens is 336 g/mol. The average molecular weight is 360 g/mol. The summed E-state index contributed by atoms with van der Waals surface area (Å²) in [7, 11) is 5.15. The Morgan fingerprint density at radius 1 is 1.12 bits per heavy atom. The largest absolute Gasteiger partial charge is 0.508 e. The van der Waals surface area contributed by atoms with Gasteiger partial charge in [-0.1, -0.05) is 24.3 Å². The van der Waals surface area contributed by atoms with E-state index in [2.05, 4.69) is 5.32 Å². The first-order chi connectivity index (χ1) is 12.0. The van der Waals surface area contributed by atoms with Crippen LogP contribution in [0.4, 0.5) is 0 Å². The fourth-order valence-electron chi connectivity index (χ4n) is 2.46. The summed E-state index contributed by atoms with van der Waals surface area (Å²) < 4.78 is 10.6. The number of phenolic OH excluding ortho intramolecular Hbond substituents is 1. The maximum Gasteiger partial charge on any atom is 0.168 e. The number of hydrogen-bond acceptors (Lipinski definition) is 4. The highest BCUT2D eigenvalue weighted by atomic mass is 32.1. The fraction of sp³-hybridized carbons (Fsp3) is 0.316. The summed E-state index contributed by atoms with van der Waals surface area (Å²) in [5.41, 5.74) is 1.98. The lowest BCUT2D eigenvalue weighted by Crippen LogP contribution is -2.37. The van der Waals surface area contributed by atoms with Crippen LogP contribution in [-0.4, -0.2) is 42.9 Å². The van der Waals surface area contributed by atoms with Crippen molar-refractivity contribution in [3.05, 3.63) is 53.6 Å². The lowest BCUT2D eigenvalue weighted by atomic mass is 10.1. The van der Waals surface area contributed by atoms with Crippen LogP contribution in [0.15, 0.2) is 42.5 Å². The molecular formula is C19H24N2O3S. The summed E-state index contributed by atoms with van der Waals surface area (Å²) in [4.78, 5) is 1.90. The zero-order valence-electron chi connectivity index (χ0n) is 14.8. The molecule has 25 heavy (non-hydrogen) atoms. The summed E-state index contributed by atoms with van der Waals surface area (Å²) in [6, 6.07) is 13.1. The third kappa shape index (κ3) is 5.26. The molecule has 0 fully saturated rings. The van der Waals surface area contributed by atoms with E-state index in [1.165, 1.54) is 0 Å². The van der Waals surface area contributed by atoms with E-state index in [1.807, 2.05) is 42.3 Å². The van der Waals surface area contributed by atoms with Crippen LogP contribution < -0.4 is 14.8 Å². The van der Waals surface area contributed by atoms with Gasteiger partial charge in [0.25, 0.3) is 0 Å². The quantitative estimate of drug-likeness (QED) is 0.741. The lowest BCUT2D eigenvalue weighted by molar-refractivity contribution is 0.354. The first-order valence-corrected chi connectivity index (χ1v) is 8.42. The highest BCUT2D eigenvalue weighted by Crippen LogP contribution is 2.27. The van der Waals surface area contributed by atoms with Crippen molar-refractivity contribution in [1.29, 1.82) is 0 Å². The van der Waals surface area contributed by atoms with Crippen LogP contribution in [0.1, 0.15) is 11.1 Å². The van der Waals surface area contributed by atoms with E-state index in [0.29, 0.717) is 18.2 Å². The number of nitrogens with zero attached hydrogens (tertiary/aromatic N) is 1. The molecule has 0 unspecified atom stereocenters. The summed E-state index contributed by atoms with van der Waals surface area (Å²) >= 11 is 5.41. The third-order valence-corrected chi connectivity index (χ3v) is 4.34. The van der Waals surface area contributed by atoms with Crippen LogP contribution in [0.5, 0.6) is 17.2 Å². The number of nitrogens with one attached hydrogen (secondary N) is 1. The molecule has 2 N–H and O–H groups in total. The fourth-order valence-corrected chi connectivity index (χ4v) is 2.62. The van der Waals surface area contributed by atoms with Crippen LogP contribution >= 0.6 is 12.2 Å². The number of phenols is 1. The third-order valence-electron chi connectivity index (χ3n) is 3.88. The van der Waals surface area contributed by atoms with Gasteiger partial charge in [0.15, 0.2) is 16.6 Å². The molecule has 2 aromatic carbocycles. The molecule has 0 aliphatic heterocycles. The second kappa shape index (κ2) is 9.13. The zero-order valence-corrected chi connectivity index (χ0v) is 15.6. The maximum atomic E-state index is 9.85. The molecule has 134 valence electrons. The first-order valence-electron chi connectivity index (χ1n) is 8.02. The van der Waals surface area contributed by atoms with Gasteiger partial charge in [-0.2, -0.15) is 0 Å². The number of ether oxygens (including phenoxy) is 2. The Kier molecular flexibility index (Phi) is 6.89. The number of methoxy groups -OCH3 is 2. The minimum absolute atomic E-state index is 0.280. The molecule has 2 aromatic rings. The number of para-hydroxylation sites is 1. The average Bonchev–Trinajstić information content (AvgIpc) is 2.63. The summed E-state index contributed by atoms with van der Waals surface area (Å²) in [5.74, 6) is 1.72. The van der Waals surface area contributed by atoms with Gasteiger partial charge >= 0.3 is 0 Å². The molecule has 0 radical (unpaired) electrons. The highest BCUT2D eigenvalue weighted by Gasteiger charge is 2.08. The number of thiocarbonyl (C=S) groups is 1. The Morgan fingerprint density at radius 3 is 2.52 bits per heavy atom. The lowest BCUT2D eigenvalue weighted by Gasteiger charge is -2.21. The van der Waals surface area contributed by atoms with E-state index in [-0.39, 0.29) is 5.75 Å². The molecule has 0 atom stereocenters. The van der Waals surface area contributed by atoms with Crippen LogP contribution in [0.2, 0.25) is 0 Å². The molecule has 0 aromatic heterocycles. The Labute approximate surface area is 154 Å². The van der Waals surface area contributed by atoms with Crippen molar-refractivity contribution in [3.8, 4) is 17.2 Å². The van der Waals surface area contributed by atoms with Crippen molar-refractivity contribution in [1.82, 2.24) is 10.2 Å². The van der Waals surface area contributed by atoms with Gasteiger partial charge in [-0.25, -0.2) is 0 Å². The van der Waals surface area contributed by atoms with Gasteiger partial charge in [-0.15, -0.1) is 0 Å². The monoisotopic (exact) mass is 360 g/mol. The predicted octanol–water partition coefficient (Wildman–Crippen LogP) is 2.96. The molecule has 0 spiro atoms. The molecule has 6 heteroatoms. The van der Waals surface area contributed by atoms with Crippen molar-refractivity contribution in [3.63, 3.8) is 0 Å². The van der Waals surface area contributed by atoms with E-state index in [4.69, 9.17) is 21.7 Å². The molecule has 5 nitrogen and oxygen atoms in total. The smallest absolute Gasteiger partial charge is 0.168 e. The Balaban J connectivity index is 1.84. The van der Waals surface area contributed by atoms with E-state index in [9.17, 15) is 5.11 Å². The van der Waals surface area contributed by atoms with Crippen molar-refractivity contribution < 1.29 is 14.6 Å². The van der Waals surface area contributed by atoms with E-state index >= 15 is 0 Å². The number of rotatable bonds is 7. The van der Waals surface area contributed by atoms with Crippen molar-refractivity contribution >= 4 is 17.3 Å². The number of benzene rings is 2. The van der Waals surface area contributed by atoms with Gasteiger partial charge in [0.05, 0.1) is 14.2 Å². The summed E-state index contributed by atoms with van der Waals surface area (Å²) in [6.45, 7) is 1.26. The minimum Gasteiger partial charge on any atom is -0.508 e. The number of aromatic hydroxyl groups is 1. The molecule has 0 saturated carbocycles. The molecule has 0 heterocycles. The Hall–Kier alpha value is -2.47. The van der Waals surface area contributed by atoms with E-state index in [0.717, 1.165) is 29.0 Å². The molecule has 0 amide bonds. The van der Waals surface area contributed by atoms with Gasteiger partial charge in [0, 0.05) is 25.7 Å². The van der Waals surface area contributed by atoms with Gasteiger partial charge in [0.2, 0.25) is 0 Å². The minimum atomic E-state index is 0.280. The van der Waals surface area contributed by atoms with Crippen LogP contribution in [-0.2, 0) is 13.0 Å². The maximum absolute atomic E-state index is 9.85. The zero-order chi connectivity index (χ0) is 18.2. The van der Waals surface area contributed by atoms with Crippen molar-refractivity contribution in [2.45, 2.75) is 13.0 Å². The van der Waals surface area contributed by atoms with Crippen LogP contribution in [0.25, 0.3) is 0 Å². The Morgan fingerprint density at radius 2 is 1.84 bits per heavy atom. The van der Waals surface area contributed by atoms with Gasteiger partial charge in [-0.3, -0.25) is 0 Å². The SMILES string of the molecule is COc1ccc(CCNC(=S)N(C)Cc2ccccc2O)cc1OC. The second-order valence-corrected chi connectivity index (χ2v) is 6.04. The van der Waals surface area contributed by atoms with Gasteiger partial charge in [-0.05, 0) is 42.4 Å². The normalized spacial score (nSPS) is 10.2. The standard InChI is InChI=1S/C19H24N2O3S/c1-21(13-15-6-4-5-7-16(15)22)19(25)20-11-10-14-8-9-17(23-2)18(12-14)24-3/h4-9,12,22H,10-11,13H2,1-3H3,(H,20,25). The van der Waals surface area contributed by atoms with Crippen LogP contribution in [0.3, 0.4) is 0 Å². The topological polar surface area (TPSA) is 54.0 Å². The number of hydrogen-bond donors (Lipinski definition) is 2. The second-order valence-electron chi connectivity index (χ2n) is 5.66.